The van der Waals surface area contributed by atoms with Gasteiger partial charge >= 0.3 is 0 Å². The van der Waals surface area contributed by atoms with Crippen molar-refractivity contribution in [2.75, 3.05) is 21.1 Å². The Bertz CT molecular complexity index is 239. The lowest BCUT2D eigenvalue weighted by Crippen LogP contribution is -2.44. The number of nitrogens with zero attached hydrogens (tertiary/aromatic N) is 3. The highest BCUT2D eigenvalue weighted by Crippen LogP contribution is 2.32. The zero-order valence-electron chi connectivity index (χ0n) is 10.4. The second kappa shape index (κ2) is 6.01. The van der Waals surface area contributed by atoms with Gasteiger partial charge in [-0.2, -0.15) is 0 Å². The number of rotatable bonds is 4. The Balaban J connectivity index is 2.71. The van der Waals surface area contributed by atoms with Crippen LogP contribution in [0.2, 0.25) is 0 Å². The second-order valence-corrected chi connectivity index (χ2v) is 4.40. The van der Waals surface area contributed by atoms with Crippen LogP contribution in [0.3, 0.4) is 0 Å². The van der Waals surface area contributed by atoms with Gasteiger partial charge in [0, 0.05) is 13.3 Å². The molecule has 0 aliphatic heterocycles. The lowest BCUT2D eigenvalue weighted by atomic mass is 9.78. The monoisotopic (exact) mass is 209 g/mol. The molecule has 0 aromatic heterocycles. The lowest BCUT2D eigenvalue weighted by molar-refractivity contribution is 0.189. The highest BCUT2D eigenvalue weighted by Gasteiger charge is 2.32. The summed E-state index contributed by atoms with van der Waals surface area (Å²) in [7, 11) is 6.09. The van der Waals surface area contributed by atoms with Gasteiger partial charge in [-0.05, 0) is 39.3 Å². The van der Waals surface area contributed by atoms with E-state index in [0.29, 0.717) is 6.04 Å². The van der Waals surface area contributed by atoms with Crippen molar-refractivity contribution in [2.45, 2.75) is 38.6 Å². The molecule has 0 radical (unpaired) electrons. The Labute approximate surface area is 93.3 Å². The normalized spacial score (nSPS) is 21.0. The van der Waals surface area contributed by atoms with Gasteiger partial charge < -0.3 is 0 Å². The van der Waals surface area contributed by atoms with Crippen LogP contribution in [-0.2, 0) is 0 Å². The van der Waals surface area contributed by atoms with Gasteiger partial charge in [-0.15, -0.1) is 0 Å². The van der Waals surface area contributed by atoms with Crippen LogP contribution in [0.25, 0.3) is 0 Å². The number of amidine groups is 1. The number of hydrogen-bond acceptors (Lipinski definition) is 2. The molecule has 86 valence electrons. The van der Waals surface area contributed by atoms with Crippen molar-refractivity contribution in [1.29, 1.82) is 0 Å². The van der Waals surface area contributed by atoms with Crippen molar-refractivity contribution in [1.82, 2.24) is 4.90 Å². The molecule has 1 saturated carbocycles. The van der Waals surface area contributed by atoms with Gasteiger partial charge in [-0.3, -0.25) is 9.89 Å². The van der Waals surface area contributed by atoms with E-state index in [0.717, 1.165) is 18.2 Å². The smallest absolute Gasteiger partial charge is 0.140 e. The summed E-state index contributed by atoms with van der Waals surface area (Å²) in [6.07, 6.45) is 6.94. The van der Waals surface area contributed by atoms with E-state index in [1.807, 2.05) is 13.3 Å². The van der Waals surface area contributed by atoms with E-state index >= 15 is 0 Å². The Hall–Kier alpha value is -0.700. The maximum atomic E-state index is 4.47. The second-order valence-electron chi connectivity index (χ2n) is 4.40. The van der Waals surface area contributed by atoms with E-state index in [2.05, 4.69) is 35.9 Å². The van der Waals surface area contributed by atoms with Gasteiger partial charge in [-0.1, -0.05) is 13.3 Å². The maximum absolute atomic E-state index is 4.47. The minimum absolute atomic E-state index is 0.409. The van der Waals surface area contributed by atoms with E-state index in [4.69, 9.17) is 0 Å². The molecule has 1 atom stereocenters. The van der Waals surface area contributed by atoms with Crippen molar-refractivity contribution in [3.63, 3.8) is 0 Å². The third-order valence-electron chi connectivity index (χ3n) is 3.05. The Morgan fingerprint density at radius 3 is 2.47 bits per heavy atom. The molecule has 1 unspecified atom stereocenters. The predicted molar refractivity (Wildman–Crippen MR) is 67.0 cm³/mol. The zero-order chi connectivity index (χ0) is 11.3. The summed E-state index contributed by atoms with van der Waals surface area (Å²) in [5, 5.41) is 0. The number of aliphatic imine (C=N–C) groups is 2. The van der Waals surface area contributed by atoms with Crippen molar-refractivity contribution in [3.8, 4) is 0 Å². The summed E-state index contributed by atoms with van der Waals surface area (Å²) >= 11 is 0. The first-order valence-electron chi connectivity index (χ1n) is 5.86. The molecule has 1 aliphatic carbocycles. The molecule has 1 fully saturated rings. The molecule has 15 heavy (non-hydrogen) atoms. The molecule has 0 aromatic carbocycles. The molecule has 0 heterocycles. The first-order chi connectivity index (χ1) is 7.20. The van der Waals surface area contributed by atoms with Crippen LogP contribution in [0, 0.1) is 5.92 Å². The number of likely N-dealkylation sites (N-methyl/N-ethyl adjacent to an activating group) is 1. The minimum atomic E-state index is 0.409. The molecule has 0 saturated heterocycles. The average Bonchev–Trinajstić information content (AvgIpc) is 2.13. The molecule has 3 nitrogen and oxygen atoms in total. The third-order valence-corrected chi connectivity index (χ3v) is 3.05. The van der Waals surface area contributed by atoms with Gasteiger partial charge in [0.25, 0.3) is 0 Å². The molecule has 0 bridgehead atoms. The van der Waals surface area contributed by atoms with Crippen LogP contribution in [0.4, 0.5) is 0 Å². The van der Waals surface area contributed by atoms with Gasteiger partial charge in [0.1, 0.15) is 5.84 Å². The zero-order valence-corrected chi connectivity index (χ0v) is 10.4. The highest BCUT2D eigenvalue weighted by molar-refractivity contribution is 5.93. The SMILES string of the molecule is CCC=NC(=NC)C(C1CCC1)N(C)C. The first kappa shape index (κ1) is 12.4. The molecular weight excluding hydrogens is 186 g/mol. The Kier molecular flexibility index (Phi) is 4.95. The molecule has 0 N–H and O–H groups in total. The van der Waals surface area contributed by atoms with Crippen LogP contribution in [0.1, 0.15) is 32.6 Å². The fourth-order valence-corrected chi connectivity index (χ4v) is 2.07. The summed E-state index contributed by atoms with van der Waals surface area (Å²) in [6.45, 7) is 2.10. The third kappa shape index (κ3) is 3.13. The standard InChI is InChI=1S/C12H23N3/c1-5-9-14-12(13-2)11(15(3)4)10-7-6-8-10/h9-11H,5-8H2,1-4H3. The summed E-state index contributed by atoms with van der Waals surface area (Å²) in [6, 6.07) is 0.409. The van der Waals surface area contributed by atoms with Crippen molar-refractivity contribution >= 4 is 12.1 Å². The van der Waals surface area contributed by atoms with Crippen LogP contribution in [-0.4, -0.2) is 44.1 Å². The fraction of sp³-hybridized carbons (Fsp3) is 0.833. The highest BCUT2D eigenvalue weighted by atomic mass is 15.1. The Morgan fingerprint density at radius 2 is 2.13 bits per heavy atom. The van der Waals surface area contributed by atoms with Crippen LogP contribution in [0.15, 0.2) is 9.98 Å². The van der Waals surface area contributed by atoms with Gasteiger partial charge in [0.2, 0.25) is 0 Å². The topological polar surface area (TPSA) is 28.0 Å². The summed E-state index contributed by atoms with van der Waals surface area (Å²) in [4.78, 5) is 11.0. The number of hydrogen-bond donors (Lipinski definition) is 0. The molecule has 0 spiro atoms. The van der Waals surface area contributed by atoms with E-state index < -0.39 is 0 Å². The lowest BCUT2D eigenvalue weighted by Gasteiger charge is -2.37. The van der Waals surface area contributed by atoms with E-state index in [1.165, 1.54) is 19.3 Å². The quantitative estimate of drug-likeness (QED) is 0.515. The molecular formula is C12H23N3. The van der Waals surface area contributed by atoms with Gasteiger partial charge in [0.15, 0.2) is 0 Å². The molecule has 3 heteroatoms. The van der Waals surface area contributed by atoms with Crippen LogP contribution < -0.4 is 0 Å². The fourth-order valence-electron chi connectivity index (χ4n) is 2.07. The summed E-state index contributed by atoms with van der Waals surface area (Å²) in [5.74, 6) is 1.75. The van der Waals surface area contributed by atoms with Crippen molar-refractivity contribution < 1.29 is 0 Å². The van der Waals surface area contributed by atoms with E-state index in [1.54, 1.807) is 0 Å². The predicted octanol–water partition coefficient (Wildman–Crippen LogP) is 2.23. The van der Waals surface area contributed by atoms with Crippen LogP contribution >= 0.6 is 0 Å². The minimum Gasteiger partial charge on any atom is -0.299 e. The van der Waals surface area contributed by atoms with Crippen molar-refractivity contribution in [3.05, 3.63) is 0 Å². The van der Waals surface area contributed by atoms with E-state index in [-0.39, 0.29) is 0 Å². The van der Waals surface area contributed by atoms with Gasteiger partial charge in [-0.25, -0.2) is 4.99 Å². The average molecular weight is 209 g/mol. The summed E-state index contributed by atoms with van der Waals surface area (Å²) in [5.41, 5.74) is 0. The maximum Gasteiger partial charge on any atom is 0.140 e. The van der Waals surface area contributed by atoms with E-state index in [9.17, 15) is 0 Å². The first-order valence-corrected chi connectivity index (χ1v) is 5.86. The Morgan fingerprint density at radius 1 is 1.47 bits per heavy atom. The molecule has 1 aliphatic rings. The van der Waals surface area contributed by atoms with Crippen molar-refractivity contribution in [2.24, 2.45) is 15.9 Å². The summed E-state index contributed by atoms with van der Waals surface area (Å²) < 4.78 is 0. The molecule has 0 amide bonds. The molecule has 1 rings (SSSR count). The van der Waals surface area contributed by atoms with Crippen LogP contribution in [0.5, 0.6) is 0 Å². The largest absolute Gasteiger partial charge is 0.299 e. The molecule has 0 aromatic rings. The van der Waals surface area contributed by atoms with Gasteiger partial charge in [0.05, 0.1) is 6.04 Å².